The van der Waals surface area contributed by atoms with Gasteiger partial charge in [0.25, 0.3) is 0 Å². The van der Waals surface area contributed by atoms with Gasteiger partial charge in [-0.2, -0.15) is 0 Å². The largest absolute Gasteiger partial charge is 0.496 e. The highest BCUT2D eigenvalue weighted by Gasteiger charge is 2.27. The van der Waals surface area contributed by atoms with Crippen molar-refractivity contribution in [1.29, 1.82) is 0 Å². The lowest BCUT2D eigenvalue weighted by Crippen LogP contribution is -2.48. The maximum Gasteiger partial charge on any atom is 0.239 e. The smallest absolute Gasteiger partial charge is 0.239 e. The Kier molecular flexibility index (Phi) is 5.65. The number of nitrogens with one attached hydrogen (secondary N) is 1. The Morgan fingerprint density at radius 1 is 1.52 bits per heavy atom. The number of piperidine rings is 1. The van der Waals surface area contributed by atoms with Crippen LogP contribution in [0.2, 0.25) is 0 Å². The van der Waals surface area contributed by atoms with Gasteiger partial charge in [0.05, 0.1) is 13.2 Å². The van der Waals surface area contributed by atoms with Crippen LogP contribution in [0.25, 0.3) is 0 Å². The maximum atomic E-state index is 12.5. The SMILES string of the molecule is COc1ccc(Br)cc1CN(C)C(=O)C1CC(C)CCN1. The van der Waals surface area contributed by atoms with E-state index in [1.807, 2.05) is 25.2 Å². The van der Waals surface area contributed by atoms with Crippen molar-refractivity contribution in [3.63, 3.8) is 0 Å². The van der Waals surface area contributed by atoms with Crippen LogP contribution in [0.3, 0.4) is 0 Å². The molecule has 2 unspecified atom stereocenters. The van der Waals surface area contributed by atoms with E-state index in [0.29, 0.717) is 12.5 Å². The zero-order chi connectivity index (χ0) is 15.4. The van der Waals surface area contributed by atoms with Crippen molar-refractivity contribution < 1.29 is 9.53 Å². The van der Waals surface area contributed by atoms with E-state index >= 15 is 0 Å². The lowest BCUT2D eigenvalue weighted by Gasteiger charge is -2.30. The Bertz CT molecular complexity index is 507. The molecule has 0 spiro atoms. The molecule has 1 aliphatic rings. The topological polar surface area (TPSA) is 41.6 Å². The number of benzene rings is 1. The minimum Gasteiger partial charge on any atom is -0.496 e. The monoisotopic (exact) mass is 354 g/mol. The number of carbonyl (C=O) groups excluding carboxylic acids is 1. The van der Waals surface area contributed by atoms with E-state index in [1.165, 1.54) is 0 Å². The van der Waals surface area contributed by atoms with Crippen molar-refractivity contribution in [2.75, 3.05) is 20.7 Å². The average molecular weight is 355 g/mol. The van der Waals surface area contributed by atoms with Crippen molar-refractivity contribution >= 4 is 21.8 Å². The quantitative estimate of drug-likeness (QED) is 0.903. The number of ether oxygens (including phenoxy) is 1. The van der Waals surface area contributed by atoms with Gasteiger partial charge < -0.3 is 15.0 Å². The van der Waals surface area contributed by atoms with Gasteiger partial charge in [0.2, 0.25) is 5.91 Å². The number of methoxy groups -OCH3 is 1. The summed E-state index contributed by atoms with van der Waals surface area (Å²) < 4.78 is 6.36. The second kappa shape index (κ2) is 7.27. The summed E-state index contributed by atoms with van der Waals surface area (Å²) in [6.07, 6.45) is 2.06. The highest BCUT2D eigenvalue weighted by atomic mass is 79.9. The summed E-state index contributed by atoms with van der Waals surface area (Å²) in [5, 5.41) is 3.32. The zero-order valence-electron chi connectivity index (χ0n) is 12.9. The molecular weight excluding hydrogens is 332 g/mol. The number of hydrogen-bond donors (Lipinski definition) is 1. The lowest BCUT2D eigenvalue weighted by molar-refractivity contribution is -0.133. The van der Waals surface area contributed by atoms with E-state index in [1.54, 1.807) is 12.0 Å². The zero-order valence-corrected chi connectivity index (χ0v) is 14.4. The molecule has 1 fully saturated rings. The van der Waals surface area contributed by atoms with Crippen LogP contribution in [0.5, 0.6) is 5.75 Å². The van der Waals surface area contributed by atoms with Gasteiger partial charge in [-0.25, -0.2) is 0 Å². The molecule has 2 atom stereocenters. The molecule has 1 amide bonds. The van der Waals surface area contributed by atoms with Crippen molar-refractivity contribution in [1.82, 2.24) is 10.2 Å². The molecular formula is C16H23BrN2O2. The molecule has 116 valence electrons. The van der Waals surface area contributed by atoms with Gasteiger partial charge in [-0.1, -0.05) is 22.9 Å². The number of hydrogen-bond acceptors (Lipinski definition) is 3. The first-order valence-corrected chi connectivity index (χ1v) is 8.11. The molecule has 0 saturated carbocycles. The number of halogens is 1. The third-order valence-corrected chi connectivity index (χ3v) is 4.48. The summed E-state index contributed by atoms with van der Waals surface area (Å²) in [5.74, 6) is 1.57. The molecule has 1 heterocycles. The van der Waals surface area contributed by atoms with Crippen LogP contribution < -0.4 is 10.1 Å². The molecule has 0 radical (unpaired) electrons. The molecule has 2 rings (SSSR count). The predicted octanol–water partition coefficient (Wildman–Crippen LogP) is 2.80. The fourth-order valence-corrected chi connectivity index (χ4v) is 3.17. The molecule has 1 saturated heterocycles. The Labute approximate surface area is 135 Å². The minimum absolute atomic E-state index is 0.0584. The van der Waals surface area contributed by atoms with Crippen molar-refractivity contribution in [3.8, 4) is 5.75 Å². The first kappa shape index (κ1) is 16.3. The van der Waals surface area contributed by atoms with Crippen LogP contribution in [0, 0.1) is 5.92 Å². The Morgan fingerprint density at radius 2 is 2.29 bits per heavy atom. The summed E-state index contributed by atoms with van der Waals surface area (Å²) >= 11 is 3.47. The molecule has 21 heavy (non-hydrogen) atoms. The van der Waals surface area contributed by atoms with Crippen molar-refractivity contribution in [2.24, 2.45) is 5.92 Å². The Morgan fingerprint density at radius 3 is 2.95 bits per heavy atom. The van der Waals surface area contributed by atoms with Crippen LogP contribution in [-0.2, 0) is 11.3 Å². The molecule has 1 aromatic rings. The highest BCUT2D eigenvalue weighted by molar-refractivity contribution is 9.10. The van der Waals surface area contributed by atoms with Crippen LogP contribution in [0.1, 0.15) is 25.3 Å². The van der Waals surface area contributed by atoms with Crippen LogP contribution in [-0.4, -0.2) is 37.6 Å². The standard InChI is InChI=1S/C16H23BrN2O2/c1-11-6-7-18-14(8-11)16(20)19(2)10-12-9-13(17)4-5-15(12)21-3/h4-5,9,11,14,18H,6-8,10H2,1-3H3. The molecule has 1 N–H and O–H groups in total. The normalized spacial score (nSPS) is 21.9. The summed E-state index contributed by atoms with van der Waals surface area (Å²) in [5.41, 5.74) is 1.01. The van der Waals surface area contributed by atoms with Gasteiger partial charge in [-0.05, 0) is 43.5 Å². The van der Waals surface area contributed by atoms with Gasteiger partial charge in [0.15, 0.2) is 0 Å². The van der Waals surface area contributed by atoms with Crippen LogP contribution >= 0.6 is 15.9 Å². The fraction of sp³-hybridized carbons (Fsp3) is 0.562. The van der Waals surface area contributed by atoms with Crippen molar-refractivity contribution in [3.05, 3.63) is 28.2 Å². The molecule has 4 nitrogen and oxygen atoms in total. The van der Waals surface area contributed by atoms with E-state index in [-0.39, 0.29) is 11.9 Å². The second-order valence-electron chi connectivity index (χ2n) is 5.79. The van der Waals surface area contributed by atoms with Gasteiger partial charge in [-0.15, -0.1) is 0 Å². The van der Waals surface area contributed by atoms with E-state index in [2.05, 4.69) is 28.2 Å². The van der Waals surface area contributed by atoms with E-state index in [0.717, 1.165) is 35.2 Å². The number of likely N-dealkylation sites (N-methyl/N-ethyl adjacent to an activating group) is 1. The maximum absolute atomic E-state index is 12.5. The summed E-state index contributed by atoms with van der Waals surface area (Å²) in [7, 11) is 3.50. The third-order valence-electron chi connectivity index (χ3n) is 3.99. The predicted molar refractivity (Wildman–Crippen MR) is 87.4 cm³/mol. The molecule has 0 aromatic heterocycles. The average Bonchev–Trinajstić information content (AvgIpc) is 2.46. The lowest BCUT2D eigenvalue weighted by atomic mass is 9.93. The molecule has 1 aromatic carbocycles. The number of nitrogens with zero attached hydrogens (tertiary/aromatic N) is 1. The van der Waals surface area contributed by atoms with Gasteiger partial charge in [-0.3, -0.25) is 4.79 Å². The highest BCUT2D eigenvalue weighted by Crippen LogP contribution is 2.25. The van der Waals surface area contributed by atoms with Crippen LogP contribution in [0.15, 0.2) is 22.7 Å². The van der Waals surface area contributed by atoms with Gasteiger partial charge >= 0.3 is 0 Å². The second-order valence-corrected chi connectivity index (χ2v) is 6.70. The van der Waals surface area contributed by atoms with Gasteiger partial charge in [0, 0.05) is 23.6 Å². The Balaban J connectivity index is 2.05. The summed E-state index contributed by atoms with van der Waals surface area (Å²) in [6.45, 7) is 3.68. The molecule has 1 aliphatic heterocycles. The molecule has 0 aliphatic carbocycles. The van der Waals surface area contributed by atoms with Gasteiger partial charge in [0.1, 0.15) is 5.75 Å². The summed E-state index contributed by atoms with van der Waals surface area (Å²) in [4.78, 5) is 14.3. The van der Waals surface area contributed by atoms with E-state index < -0.39 is 0 Å². The number of carbonyl (C=O) groups is 1. The third kappa shape index (κ3) is 4.20. The first-order chi connectivity index (χ1) is 10.0. The number of amides is 1. The molecule has 5 heteroatoms. The fourth-order valence-electron chi connectivity index (χ4n) is 2.77. The summed E-state index contributed by atoms with van der Waals surface area (Å²) in [6, 6.07) is 5.80. The van der Waals surface area contributed by atoms with E-state index in [9.17, 15) is 4.79 Å². The van der Waals surface area contributed by atoms with Crippen molar-refractivity contribution in [2.45, 2.75) is 32.4 Å². The van der Waals surface area contributed by atoms with Crippen LogP contribution in [0.4, 0.5) is 0 Å². The number of rotatable bonds is 4. The van der Waals surface area contributed by atoms with E-state index in [4.69, 9.17) is 4.74 Å². The minimum atomic E-state index is -0.0584. The molecule has 0 bridgehead atoms. The Hall–Kier alpha value is -1.07. The first-order valence-electron chi connectivity index (χ1n) is 7.32.